The summed E-state index contributed by atoms with van der Waals surface area (Å²) in [7, 11) is 0. The lowest BCUT2D eigenvalue weighted by Gasteiger charge is -2.33. The summed E-state index contributed by atoms with van der Waals surface area (Å²) in [6.07, 6.45) is 2.09. The molecule has 2 fully saturated rings. The molecule has 0 spiro atoms. The van der Waals surface area contributed by atoms with E-state index >= 15 is 0 Å². The lowest BCUT2D eigenvalue weighted by Crippen LogP contribution is -2.48. The normalized spacial score (nSPS) is 31.5. The third-order valence-electron chi connectivity index (χ3n) is 3.45. The van der Waals surface area contributed by atoms with E-state index in [1.807, 2.05) is 4.90 Å². The molecule has 2 saturated heterocycles. The van der Waals surface area contributed by atoms with Crippen LogP contribution in [0.5, 0.6) is 0 Å². The molecule has 1 amide bonds. The highest BCUT2D eigenvalue weighted by atomic mass is 16.6. The van der Waals surface area contributed by atoms with Gasteiger partial charge in [0.2, 0.25) is 0 Å². The van der Waals surface area contributed by atoms with E-state index in [0.717, 1.165) is 19.4 Å². The van der Waals surface area contributed by atoms with E-state index in [1.54, 1.807) is 0 Å². The average molecular weight is 227 g/mol. The van der Waals surface area contributed by atoms with Crippen molar-refractivity contribution in [2.75, 3.05) is 19.6 Å². The van der Waals surface area contributed by atoms with Crippen molar-refractivity contribution in [3.05, 3.63) is 0 Å². The summed E-state index contributed by atoms with van der Waals surface area (Å²) in [5.74, 6) is 0. The van der Waals surface area contributed by atoms with Gasteiger partial charge in [-0.3, -0.25) is 9.80 Å². The van der Waals surface area contributed by atoms with Crippen molar-refractivity contribution in [1.29, 1.82) is 0 Å². The van der Waals surface area contributed by atoms with Crippen LogP contribution in [-0.2, 0) is 4.74 Å². The standard InChI is InChI=1S/C11H21N3O2/c1-8(2)13-5-3-4-10(13)14-7-9(6-12)16-11(14)15/h8-10H,3-7,12H2,1-2H3/t9-,10?/m0/s1. The van der Waals surface area contributed by atoms with Crippen LogP contribution in [0.4, 0.5) is 4.79 Å². The number of hydrogen-bond donors (Lipinski definition) is 1. The van der Waals surface area contributed by atoms with Gasteiger partial charge in [0.1, 0.15) is 6.10 Å². The van der Waals surface area contributed by atoms with Gasteiger partial charge in [-0.25, -0.2) is 4.79 Å². The smallest absolute Gasteiger partial charge is 0.411 e. The molecule has 1 unspecified atom stereocenters. The molecule has 0 aromatic rings. The molecular weight excluding hydrogens is 206 g/mol. The second-order valence-corrected chi connectivity index (χ2v) is 4.85. The first kappa shape index (κ1) is 11.7. The molecule has 92 valence electrons. The molecule has 2 aliphatic rings. The predicted molar refractivity (Wildman–Crippen MR) is 60.9 cm³/mol. The van der Waals surface area contributed by atoms with Gasteiger partial charge in [0.15, 0.2) is 0 Å². The summed E-state index contributed by atoms with van der Waals surface area (Å²) < 4.78 is 5.20. The number of nitrogens with zero attached hydrogens (tertiary/aromatic N) is 2. The van der Waals surface area contributed by atoms with Gasteiger partial charge in [0.25, 0.3) is 0 Å². The zero-order chi connectivity index (χ0) is 11.7. The zero-order valence-corrected chi connectivity index (χ0v) is 10.1. The first-order valence-corrected chi connectivity index (χ1v) is 6.06. The molecule has 2 heterocycles. The molecule has 16 heavy (non-hydrogen) atoms. The second-order valence-electron chi connectivity index (χ2n) is 4.85. The van der Waals surface area contributed by atoms with Crippen molar-refractivity contribution in [1.82, 2.24) is 9.80 Å². The minimum atomic E-state index is -0.201. The molecule has 5 nitrogen and oxygen atoms in total. The lowest BCUT2D eigenvalue weighted by molar-refractivity contribution is 0.0792. The highest BCUT2D eigenvalue weighted by molar-refractivity contribution is 5.70. The van der Waals surface area contributed by atoms with Crippen LogP contribution in [-0.4, -0.2) is 53.8 Å². The Morgan fingerprint density at radius 1 is 1.56 bits per heavy atom. The quantitative estimate of drug-likeness (QED) is 0.767. The molecule has 2 N–H and O–H groups in total. The van der Waals surface area contributed by atoms with Gasteiger partial charge in [-0.2, -0.15) is 0 Å². The monoisotopic (exact) mass is 227 g/mol. The Bertz CT molecular complexity index is 270. The highest BCUT2D eigenvalue weighted by Crippen LogP contribution is 2.26. The topological polar surface area (TPSA) is 58.8 Å². The molecule has 0 aromatic heterocycles. The molecule has 2 atom stereocenters. The van der Waals surface area contributed by atoms with E-state index in [9.17, 15) is 4.79 Å². The van der Waals surface area contributed by atoms with E-state index in [4.69, 9.17) is 10.5 Å². The molecule has 2 rings (SSSR count). The third-order valence-corrected chi connectivity index (χ3v) is 3.45. The Kier molecular flexibility index (Phi) is 3.35. The zero-order valence-electron chi connectivity index (χ0n) is 10.1. The van der Waals surface area contributed by atoms with Crippen LogP contribution < -0.4 is 5.73 Å². The van der Waals surface area contributed by atoms with Crippen molar-refractivity contribution < 1.29 is 9.53 Å². The van der Waals surface area contributed by atoms with E-state index in [2.05, 4.69) is 18.7 Å². The highest BCUT2D eigenvalue weighted by Gasteiger charge is 2.40. The molecule has 0 saturated carbocycles. The summed E-state index contributed by atoms with van der Waals surface area (Å²) in [5, 5.41) is 0. The van der Waals surface area contributed by atoms with Crippen LogP contribution in [0.15, 0.2) is 0 Å². The van der Waals surface area contributed by atoms with Crippen LogP contribution in [0.25, 0.3) is 0 Å². The Hall–Kier alpha value is -0.810. The Morgan fingerprint density at radius 2 is 2.31 bits per heavy atom. The predicted octanol–water partition coefficient (Wildman–Crippen LogP) is 0.596. The van der Waals surface area contributed by atoms with Crippen molar-refractivity contribution in [2.45, 2.75) is 45.0 Å². The van der Waals surface area contributed by atoms with E-state index < -0.39 is 0 Å². The third kappa shape index (κ3) is 2.01. The largest absolute Gasteiger partial charge is 0.443 e. The maximum Gasteiger partial charge on any atom is 0.411 e. The van der Waals surface area contributed by atoms with Crippen molar-refractivity contribution in [3.63, 3.8) is 0 Å². The number of cyclic esters (lactones) is 1. The fraction of sp³-hybridized carbons (Fsp3) is 0.909. The minimum absolute atomic E-state index is 0.123. The number of carbonyl (C=O) groups excluding carboxylic acids is 1. The van der Waals surface area contributed by atoms with Crippen LogP contribution in [0.3, 0.4) is 0 Å². The van der Waals surface area contributed by atoms with E-state index in [0.29, 0.717) is 19.1 Å². The number of amides is 1. The number of likely N-dealkylation sites (tertiary alicyclic amines) is 1. The fourth-order valence-corrected chi connectivity index (χ4v) is 2.62. The van der Waals surface area contributed by atoms with Crippen LogP contribution >= 0.6 is 0 Å². The molecule has 0 aromatic carbocycles. The maximum atomic E-state index is 11.7. The first-order chi connectivity index (χ1) is 7.63. The summed E-state index contributed by atoms with van der Waals surface area (Å²) in [6, 6.07) is 0.470. The molecule has 0 aliphatic carbocycles. The fourth-order valence-electron chi connectivity index (χ4n) is 2.62. The van der Waals surface area contributed by atoms with Crippen LogP contribution in [0, 0.1) is 0 Å². The lowest BCUT2D eigenvalue weighted by atomic mass is 10.2. The summed E-state index contributed by atoms with van der Waals surface area (Å²) >= 11 is 0. The Labute approximate surface area is 96.5 Å². The molecule has 0 radical (unpaired) electrons. The summed E-state index contributed by atoms with van der Waals surface area (Å²) in [6.45, 7) is 6.46. The van der Waals surface area contributed by atoms with Gasteiger partial charge < -0.3 is 10.5 Å². The van der Waals surface area contributed by atoms with E-state index in [-0.39, 0.29) is 18.4 Å². The van der Waals surface area contributed by atoms with Gasteiger partial charge in [-0.1, -0.05) is 0 Å². The number of hydrogen-bond acceptors (Lipinski definition) is 4. The number of rotatable bonds is 3. The van der Waals surface area contributed by atoms with Gasteiger partial charge in [0, 0.05) is 19.1 Å². The minimum Gasteiger partial charge on any atom is -0.443 e. The summed E-state index contributed by atoms with van der Waals surface area (Å²) in [4.78, 5) is 15.9. The second kappa shape index (κ2) is 4.59. The van der Waals surface area contributed by atoms with Crippen molar-refractivity contribution >= 4 is 6.09 Å². The summed E-state index contributed by atoms with van der Waals surface area (Å²) in [5.41, 5.74) is 5.53. The Balaban J connectivity index is 2.04. The van der Waals surface area contributed by atoms with Gasteiger partial charge >= 0.3 is 6.09 Å². The number of ether oxygens (including phenoxy) is 1. The van der Waals surface area contributed by atoms with Gasteiger partial charge in [0.05, 0.1) is 12.7 Å². The van der Waals surface area contributed by atoms with Crippen LogP contribution in [0.1, 0.15) is 26.7 Å². The first-order valence-electron chi connectivity index (χ1n) is 6.06. The average Bonchev–Trinajstić information content (AvgIpc) is 2.82. The molecule has 2 aliphatic heterocycles. The molecule has 5 heteroatoms. The van der Waals surface area contributed by atoms with Crippen molar-refractivity contribution in [2.24, 2.45) is 5.73 Å². The Morgan fingerprint density at radius 3 is 2.88 bits per heavy atom. The molecule has 0 bridgehead atoms. The number of carbonyl (C=O) groups is 1. The van der Waals surface area contributed by atoms with Gasteiger partial charge in [-0.15, -0.1) is 0 Å². The molecular formula is C11H21N3O2. The number of nitrogens with two attached hydrogens (primary N) is 1. The maximum absolute atomic E-state index is 11.7. The SMILES string of the molecule is CC(C)N1CCCC1N1C[C@H](CN)OC1=O. The van der Waals surface area contributed by atoms with Gasteiger partial charge in [-0.05, 0) is 26.7 Å². The van der Waals surface area contributed by atoms with Crippen molar-refractivity contribution in [3.8, 4) is 0 Å². The van der Waals surface area contributed by atoms with Crippen LogP contribution in [0.2, 0.25) is 0 Å². The van der Waals surface area contributed by atoms with E-state index in [1.165, 1.54) is 0 Å².